The van der Waals surface area contributed by atoms with Gasteiger partial charge < -0.3 is 34.7 Å². The molecule has 5 rings (SSSR count). The van der Waals surface area contributed by atoms with Gasteiger partial charge in [-0.2, -0.15) is 0 Å². The number of piperidine rings is 1. The zero-order valence-electron chi connectivity index (χ0n) is 21.2. The summed E-state index contributed by atoms with van der Waals surface area (Å²) in [6, 6.07) is 2.44. The number of hydrogen-bond donors (Lipinski definition) is 2. The number of ketones is 1. The van der Waals surface area contributed by atoms with Gasteiger partial charge in [0.05, 0.1) is 16.6 Å². The van der Waals surface area contributed by atoms with Crippen LogP contribution in [0.1, 0.15) is 61.0 Å². The molecule has 2 bridgehead atoms. The summed E-state index contributed by atoms with van der Waals surface area (Å²) in [7, 11) is 1.99. The molecule has 0 unspecified atom stereocenters. The molecule has 2 heterocycles. The zero-order valence-corrected chi connectivity index (χ0v) is 21.2. The van der Waals surface area contributed by atoms with Gasteiger partial charge in [-0.1, -0.05) is 6.07 Å². The van der Waals surface area contributed by atoms with Crippen LogP contribution in [0.15, 0.2) is 24.0 Å². The molecule has 0 amide bonds. The fourth-order valence-corrected chi connectivity index (χ4v) is 6.55. The Morgan fingerprint density at radius 1 is 1.32 bits per heavy atom. The van der Waals surface area contributed by atoms with Crippen molar-refractivity contribution in [1.82, 2.24) is 4.90 Å². The molecule has 4 aliphatic rings. The lowest BCUT2D eigenvalue weighted by atomic mass is 9.50. The van der Waals surface area contributed by atoms with Gasteiger partial charge in [-0.15, -0.1) is 0 Å². The number of likely N-dealkylation sites (N-methyl/N-ethyl adjacent to an activating group) is 1. The van der Waals surface area contributed by atoms with Crippen molar-refractivity contribution in [3.05, 3.63) is 40.7 Å². The minimum atomic E-state index is -1.25. The first kappa shape index (κ1) is 25.6. The summed E-state index contributed by atoms with van der Waals surface area (Å²) in [6.45, 7) is 3.49. The van der Waals surface area contributed by atoms with E-state index >= 15 is 0 Å². The summed E-state index contributed by atoms with van der Waals surface area (Å²) >= 11 is 0. The van der Waals surface area contributed by atoms with Crippen LogP contribution in [0.25, 0.3) is 0 Å². The molecule has 0 saturated carbocycles. The van der Waals surface area contributed by atoms with Crippen molar-refractivity contribution in [2.45, 2.75) is 81.3 Å². The number of carbonyl (C=O) groups excluding carboxylic acids is 4. The highest BCUT2D eigenvalue weighted by Gasteiger charge is 2.72. The quantitative estimate of drug-likeness (QED) is 0.381. The smallest absolute Gasteiger partial charge is 0.352 e. The van der Waals surface area contributed by atoms with E-state index in [1.807, 2.05) is 13.1 Å². The van der Waals surface area contributed by atoms with E-state index in [1.54, 1.807) is 12.1 Å². The van der Waals surface area contributed by atoms with Crippen molar-refractivity contribution < 1.29 is 38.5 Å². The van der Waals surface area contributed by atoms with Gasteiger partial charge in [0.25, 0.3) is 0 Å². The highest BCUT2D eigenvalue weighted by atomic mass is 16.6. The van der Waals surface area contributed by atoms with Gasteiger partial charge in [-0.3, -0.25) is 9.59 Å². The van der Waals surface area contributed by atoms with Crippen molar-refractivity contribution in [2.24, 2.45) is 5.73 Å². The average molecular weight is 513 g/mol. The van der Waals surface area contributed by atoms with Crippen molar-refractivity contribution in [3.63, 3.8) is 0 Å². The molecule has 1 aromatic rings. The molecule has 198 valence electrons. The normalized spacial score (nSPS) is 30.8. The maximum absolute atomic E-state index is 13.0. The van der Waals surface area contributed by atoms with E-state index in [9.17, 15) is 24.3 Å². The van der Waals surface area contributed by atoms with Gasteiger partial charge in [0.15, 0.2) is 18.5 Å². The van der Waals surface area contributed by atoms with Crippen LogP contribution in [0.2, 0.25) is 0 Å². The van der Waals surface area contributed by atoms with Gasteiger partial charge in [-0.25, -0.2) is 4.79 Å². The molecule has 10 nitrogen and oxygen atoms in total. The van der Waals surface area contributed by atoms with Crippen LogP contribution in [0.4, 0.5) is 0 Å². The Hall–Kier alpha value is -3.08. The number of rotatable bonds is 8. The van der Waals surface area contributed by atoms with Crippen LogP contribution in [-0.4, -0.2) is 77.5 Å². The predicted octanol–water partition coefficient (Wildman–Crippen LogP) is 0.948. The second kappa shape index (κ2) is 9.04. The summed E-state index contributed by atoms with van der Waals surface area (Å²) in [5, 5.41) is 12.2. The van der Waals surface area contributed by atoms with Crippen LogP contribution in [0.3, 0.4) is 0 Å². The number of Topliss-reactive ketones (excluding diaryl/α,β-unsaturated/α-hetero) is 1. The molecule has 6 atom stereocenters. The average Bonchev–Trinajstić information content (AvgIpc) is 3.21. The second-order valence-electron chi connectivity index (χ2n) is 10.6. The topological polar surface area (TPSA) is 145 Å². The Morgan fingerprint density at radius 3 is 2.78 bits per heavy atom. The molecule has 0 aromatic heterocycles. The summed E-state index contributed by atoms with van der Waals surface area (Å²) < 4.78 is 17.3. The van der Waals surface area contributed by atoms with Crippen LogP contribution in [-0.2, 0) is 35.7 Å². The third-order valence-corrected chi connectivity index (χ3v) is 8.49. The number of carbonyl (C=O) groups is 4. The first-order chi connectivity index (χ1) is 17.5. The molecule has 2 aliphatic heterocycles. The lowest BCUT2D eigenvalue weighted by molar-refractivity contribution is -0.175. The van der Waals surface area contributed by atoms with Gasteiger partial charge in [-0.05, 0) is 64.4 Å². The van der Waals surface area contributed by atoms with Crippen molar-refractivity contribution in [2.75, 3.05) is 13.6 Å². The lowest BCUT2D eigenvalue weighted by Gasteiger charge is -2.61. The first-order valence-corrected chi connectivity index (χ1v) is 12.6. The van der Waals surface area contributed by atoms with Crippen LogP contribution >= 0.6 is 0 Å². The fraction of sp³-hybridized carbons (Fsp3) is 0.556. The highest BCUT2D eigenvalue weighted by Crippen LogP contribution is 2.64. The summed E-state index contributed by atoms with van der Waals surface area (Å²) in [5.41, 5.74) is 5.95. The Labute approximate surface area is 214 Å². The number of aldehydes is 1. The molecule has 2 aliphatic carbocycles. The third kappa shape index (κ3) is 3.72. The Morgan fingerprint density at radius 2 is 2.08 bits per heavy atom. The van der Waals surface area contributed by atoms with E-state index in [1.165, 1.54) is 13.8 Å². The monoisotopic (exact) mass is 512 g/mol. The number of nitrogens with zero attached hydrogens (tertiary/aromatic N) is 1. The molecule has 1 aromatic carbocycles. The molecule has 37 heavy (non-hydrogen) atoms. The molecule has 1 fully saturated rings. The van der Waals surface area contributed by atoms with E-state index in [0.29, 0.717) is 30.7 Å². The number of nitrogens with two attached hydrogens (primary N) is 1. The summed E-state index contributed by atoms with van der Waals surface area (Å²) in [5.74, 6) is -1.06. The van der Waals surface area contributed by atoms with E-state index in [-0.39, 0.29) is 36.8 Å². The highest BCUT2D eigenvalue weighted by molar-refractivity contribution is 5.84. The minimum absolute atomic E-state index is 0.100. The predicted molar refractivity (Wildman–Crippen MR) is 130 cm³/mol. The lowest BCUT2D eigenvalue weighted by Crippen LogP contribution is -2.74. The van der Waals surface area contributed by atoms with Crippen molar-refractivity contribution >= 4 is 24.0 Å². The first-order valence-electron chi connectivity index (χ1n) is 12.6. The standard InChI is InChI=1S/C27H32N2O8/c1-14(31)4-7-18(28)25(33)35-15(2)24(32)36-19-8-9-27(34)20-12-16-5-6-17(13-30)22-21(16)26(27,23(19)37-22)10-11-29(20)3/h5-6,8,13,15,18,20,23,34H,4,7,9-12,28H2,1-3H3/t15-,18-,20+,23-,26-,27+/m0/s1. The maximum Gasteiger partial charge on any atom is 0.352 e. The van der Waals surface area contributed by atoms with Gasteiger partial charge in [0.2, 0.25) is 0 Å². The van der Waals surface area contributed by atoms with Crippen molar-refractivity contribution in [3.8, 4) is 5.75 Å². The fourth-order valence-electron chi connectivity index (χ4n) is 6.55. The van der Waals surface area contributed by atoms with E-state index in [2.05, 4.69) is 4.90 Å². The van der Waals surface area contributed by atoms with E-state index < -0.39 is 41.2 Å². The molecule has 1 spiro atoms. The number of benzene rings is 1. The van der Waals surface area contributed by atoms with Crippen molar-refractivity contribution in [1.29, 1.82) is 0 Å². The largest absolute Gasteiger partial charge is 0.480 e. The van der Waals surface area contributed by atoms with Crippen LogP contribution in [0.5, 0.6) is 5.75 Å². The zero-order chi connectivity index (χ0) is 26.7. The number of aliphatic hydroxyl groups is 1. The second-order valence-corrected chi connectivity index (χ2v) is 10.6. The molecule has 1 saturated heterocycles. The van der Waals surface area contributed by atoms with Gasteiger partial charge in [0, 0.05) is 24.4 Å². The Kier molecular flexibility index (Phi) is 6.24. The van der Waals surface area contributed by atoms with Crippen LogP contribution in [0, 0.1) is 0 Å². The Bertz CT molecular complexity index is 1210. The maximum atomic E-state index is 13.0. The number of esters is 2. The number of hydrogen-bond acceptors (Lipinski definition) is 10. The SMILES string of the molecule is CC(=O)CC[C@H](N)C(=O)O[C@@H](C)C(=O)OC1=CC[C@@]2(O)[C@H]3Cc4ccc(C=O)c5c4[C@@]2(CCN3C)[C@H]1O5. The molecule has 10 heteroatoms. The van der Waals surface area contributed by atoms with Gasteiger partial charge >= 0.3 is 11.9 Å². The van der Waals surface area contributed by atoms with Crippen LogP contribution < -0.4 is 10.5 Å². The summed E-state index contributed by atoms with van der Waals surface area (Å²) in [6.07, 6.45) is 1.98. The molecule has 3 N–H and O–H groups in total. The van der Waals surface area contributed by atoms with Gasteiger partial charge in [0.1, 0.15) is 23.3 Å². The molecule has 0 radical (unpaired) electrons. The third-order valence-electron chi connectivity index (χ3n) is 8.49. The molecular formula is C27H32N2O8. The number of ether oxygens (including phenoxy) is 3. The minimum Gasteiger partial charge on any atom is -0.480 e. The molecular weight excluding hydrogens is 480 g/mol. The Balaban J connectivity index is 1.41. The van der Waals surface area contributed by atoms with E-state index in [4.69, 9.17) is 19.9 Å². The number of likely N-dealkylation sites (tertiary alicyclic amines) is 1. The summed E-state index contributed by atoms with van der Waals surface area (Å²) in [4.78, 5) is 50.4. The van der Waals surface area contributed by atoms with E-state index in [0.717, 1.165) is 17.4 Å².